The Kier molecular flexibility index (Phi) is 5.27. The van der Waals surface area contributed by atoms with Crippen LogP contribution >= 0.6 is 15.9 Å². The summed E-state index contributed by atoms with van der Waals surface area (Å²) in [6.45, 7) is 0.918. The topological polar surface area (TPSA) is 111 Å². The van der Waals surface area contributed by atoms with Crippen molar-refractivity contribution in [2.24, 2.45) is 0 Å². The van der Waals surface area contributed by atoms with Crippen molar-refractivity contribution >= 4 is 31.9 Å². The Bertz CT molecular complexity index is 775. The monoisotopic (exact) mass is 389 g/mol. The van der Waals surface area contributed by atoms with Gasteiger partial charge in [0.1, 0.15) is 6.54 Å². The van der Waals surface area contributed by atoms with Gasteiger partial charge >= 0.3 is 5.97 Å². The molecule has 0 fully saturated rings. The van der Waals surface area contributed by atoms with Crippen molar-refractivity contribution in [3.8, 4) is 0 Å². The predicted molar refractivity (Wildman–Crippen MR) is 78.2 cm³/mol. The number of sulfonamides is 1. The molecule has 0 spiro atoms. The molecule has 2 rings (SSSR count). The lowest BCUT2D eigenvalue weighted by Crippen LogP contribution is -2.30. The number of hydrogen-bond donors (Lipinski definition) is 1. The van der Waals surface area contributed by atoms with Crippen LogP contribution in [0.5, 0.6) is 0 Å². The van der Waals surface area contributed by atoms with E-state index >= 15 is 0 Å². The lowest BCUT2D eigenvalue weighted by atomic mass is 10.4. The highest BCUT2D eigenvalue weighted by molar-refractivity contribution is 9.10. The van der Waals surface area contributed by atoms with E-state index in [2.05, 4.69) is 30.8 Å². The highest BCUT2D eigenvalue weighted by Crippen LogP contribution is 2.15. The van der Waals surface area contributed by atoms with Crippen LogP contribution in [0.4, 0.5) is 0 Å². The summed E-state index contributed by atoms with van der Waals surface area (Å²) >= 11 is 3.18. The van der Waals surface area contributed by atoms with Gasteiger partial charge in [-0.3, -0.25) is 4.79 Å². The van der Waals surface area contributed by atoms with E-state index in [0.29, 0.717) is 10.3 Å². The second-order valence-corrected chi connectivity index (χ2v) is 6.86. The van der Waals surface area contributed by atoms with Crippen LogP contribution in [0.25, 0.3) is 0 Å². The maximum atomic E-state index is 12.0. The van der Waals surface area contributed by atoms with Crippen LogP contribution in [0.2, 0.25) is 0 Å². The summed E-state index contributed by atoms with van der Waals surface area (Å²) in [4.78, 5) is 15.4. The number of aryl methyl sites for hydroxylation is 1. The summed E-state index contributed by atoms with van der Waals surface area (Å²) < 4.78 is 36.3. The van der Waals surface area contributed by atoms with Gasteiger partial charge in [0.05, 0.1) is 4.90 Å². The minimum absolute atomic E-state index is 0.0437. The summed E-state index contributed by atoms with van der Waals surface area (Å²) in [5, 5.41) is 3.53. The molecule has 1 heterocycles. The molecule has 0 amide bonds. The molecule has 118 valence electrons. The van der Waals surface area contributed by atoms with Crippen LogP contribution in [-0.4, -0.2) is 31.1 Å². The van der Waals surface area contributed by atoms with Gasteiger partial charge in [-0.05, 0) is 25.1 Å². The number of esters is 1. The number of halogens is 1. The third-order valence-electron chi connectivity index (χ3n) is 2.44. The number of carbonyl (C=O) groups excluding carboxylic acids is 1. The maximum absolute atomic E-state index is 12.0. The van der Waals surface area contributed by atoms with Crippen LogP contribution in [0, 0.1) is 6.92 Å². The normalized spacial score (nSPS) is 11.4. The molecule has 0 aliphatic heterocycles. The van der Waals surface area contributed by atoms with Crippen molar-refractivity contribution < 1.29 is 22.5 Å². The van der Waals surface area contributed by atoms with E-state index in [4.69, 9.17) is 9.26 Å². The van der Waals surface area contributed by atoms with Gasteiger partial charge in [0.25, 0.3) is 5.89 Å². The number of rotatable bonds is 6. The molecule has 0 saturated heterocycles. The molecule has 2 aromatic rings. The van der Waals surface area contributed by atoms with E-state index in [1.165, 1.54) is 12.1 Å². The zero-order chi connectivity index (χ0) is 16.2. The zero-order valence-electron chi connectivity index (χ0n) is 11.4. The van der Waals surface area contributed by atoms with Gasteiger partial charge in [-0.25, -0.2) is 8.42 Å². The van der Waals surface area contributed by atoms with Crippen LogP contribution in [0.1, 0.15) is 11.7 Å². The summed E-state index contributed by atoms with van der Waals surface area (Å²) in [6, 6.07) is 6.11. The molecule has 8 nitrogen and oxygen atoms in total. The number of hydrogen-bond acceptors (Lipinski definition) is 7. The Morgan fingerprint density at radius 3 is 2.86 bits per heavy atom. The summed E-state index contributed by atoms with van der Waals surface area (Å²) in [7, 11) is -3.79. The van der Waals surface area contributed by atoms with E-state index < -0.39 is 22.5 Å². The lowest BCUT2D eigenvalue weighted by Gasteiger charge is -2.06. The molecule has 0 radical (unpaired) electrons. The van der Waals surface area contributed by atoms with Crippen molar-refractivity contribution in [1.82, 2.24) is 14.9 Å². The fraction of sp³-hybridized carbons (Fsp3) is 0.250. The SMILES string of the molecule is Cc1noc(COC(=O)CNS(=O)(=O)c2cccc(Br)c2)n1. The third kappa shape index (κ3) is 4.61. The van der Waals surface area contributed by atoms with Crippen molar-refractivity contribution in [1.29, 1.82) is 0 Å². The van der Waals surface area contributed by atoms with Gasteiger partial charge in [0, 0.05) is 4.47 Å². The van der Waals surface area contributed by atoms with Crippen molar-refractivity contribution in [2.75, 3.05) is 6.54 Å². The molecule has 0 aliphatic rings. The first-order chi connectivity index (χ1) is 10.4. The standard InChI is InChI=1S/C12H12BrN3O5S/c1-8-15-11(21-16-8)7-20-12(17)6-14-22(18,19)10-4-2-3-9(13)5-10/h2-5,14H,6-7H2,1H3. The fourth-order valence-electron chi connectivity index (χ4n) is 1.46. The Morgan fingerprint density at radius 2 is 2.23 bits per heavy atom. The molecule has 1 aromatic carbocycles. The van der Waals surface area contributed by atoms with Gasteiger partial charge in [-0.1, -0.05) is 27.2 Å². The van der Waals surface area contributed by atoms with E-state index in [-0.39, 0.29) is 17.4 Å². The van der Waals surface area contributed by atoms with Crippen LogP contribution < -0.4 is 4.72 Å². The van der Waals surface area contributed by atoms with Gasteiger partial charge in [-0.2, -0.15) is 9.71 Å². The third-order valence-corrected chi connectivity index (χ3v) is 4.33. The van der Waals surface area contributed by atoms with E-state index in [1.54, 1.807) is 19.1 Å². The fourth-order valence-corrected chi connectivity index (χ4v) is 3.03. The molecule has 0 atom stereocenters. The quantitative estimate of drug-likeness (QED) is 0.737. The predicted octanol–water partition coefficient (Wildman–Crippen LogP) is 1.16. The van der Waals surface area contributed by atoms with E-state index in [1.807, 2.05) is 0 Å². The number of aromatic nitrogens is 2. The van der Waals surface area contributed by atoms with Gasteiger partial charge in [0.2, 0.25) is 10.0 Å². The van der Waals surface area contributed by atoms with Crippen molar-refractivity contribution in [3.63, 3.8) is 0 Å². The van der Waals surface area contributed by atoms with Crippen molar-refractivity contribution in [3.05, 3.63) is 40.5 Å². The second kappa shape index (κ2) is 6.99. The summed E-state index contributed by atoms with van der Waals surface area (Å²) in [5.41, 5.74) is 0. The summed E-state index contributed by atoms with van der Waals surface area (Å²) in [5.74, 6) is -0.198. The molecule has 10 heteroatoms. The van der Waals surface area contributed by atoms with Crippen LogP contribution in [-0.2, 0) is 26.2 Å². The Labute approximate surface area is 135 Å². The average molecular weight is 390 g/mol. The lowest BCUT2D eigenvalue weighted by molar-refractivity contribution is -0.144. The van der Waals surface area contributed by atoms with E-state index in [9.17, 15) is 13.2 Å². The Balaban J connectivity index is 1.87. The Morgan fingerprint density at radius 1 is 1.45 bits per heavy atom. The first kappa shape index (κ1) is 16.6. The van der Waals surface area contributed by atoms with Gasteiger partial charge < -0.3 is 9.26 Å². The number of nitrogens with one attached hydrogen (secondary N) is 1. The minimum atomic E-state index is -3.79. The molecule has 22 heavy (non-hydrogen) atoms. The molecule has 0 saturated carbocycles. The number of carbonyl (C=O) groups is 1. The van der Waals surface area contributed by atoms with Gasteiger partial charge in [-0.15, -0.1) is 0 Å². The number of nitrogens with zero attached hydrogens (tertiary/aromatic N) is 2. The first-order valence-corrected chi connectivity index (χ1v) is 8.34. The van der Waals surface area contributed by atoms with E-state index in [0.717, 1.165) is 0 Å². The molecule has 0 bridgehead atoms. The molecule has 1 aromatic heterocycles. The molecular formula is C12H12BrN3O5S. The Hall–Kier alpha value is -1.78. The first-order valence-electron chi connectivity index (χ1n) is 6.07. The summed E-state index contributed by atoms with van der Waals surface area (Å²) in [6.07, 6.45) is 0. The molecule has 0 unspecified atom stereocenters. The number of benzene rings is 1. The van der Waals surface area contributed by atoms with Crippen LogP contribution in [0.15, 0.2) is 38.2 Å². The number of ether oxygens (including phenoxy) is 1. The highest BCUT2D eigenvalue weighted by atomic mass is 79.9. The smallest absolute Gasteiger partial charge is 0.321 e. The van der Waals surface area contributed by atoms with Crippen molar-refractivity contribution in [2.45, 2.75) is 18.4 Å². The van der Waals surface area contributed by atoms with Crippen LogP contribution in [0.3, 0.4) is 0 Å². The maximum Gasteiger partial charge on any atom is 0.321 e. The van der Waals surface area contributed by atoms with Gasteiger partial charge in [0.15, 0.2) is 12.4 Å². The molecule has 0 aliphatic carbocycles. The largest absolute Gasteiger partial charge is 0.455 e. The highest BCUT2D eigenvalue weighted by Gasteiger charge is 2.16. The second-order valence-electron chi connectivity index (χ2n) is 4.18. The molecular weight excluding hydrogens is 378 g/mol. The minimum Gasteiger partial charge on any atom is -0.455 e. The average Bonchev–Trinajstić information content (AvgIpc) is 2.89. The molecule has 1 N–H and O–H groups in total. The zero-order valence-corrected chi connectivity index (χ0v) is 13.8.